The molecular weight excluding hydrogens is 357 g/mol. The van der Waals surface area contributed by atoms with Crippen LogP contribution in [0.5, 0.6) is 11.5 Å². The van der Waals surface area contributed by atoms with Gasteiger partial charge in [-0.05, 0) is 49.6 Å². The standard InChI is InChI=1S/C19H22FNO4S/c1-13-11-14(20)6-9-19(13)26(22,23)21-10-4-5-17(21)16-8-7-15(24-2)12-18(16)25-3/h6-9,11-12,17H,4-5,10H2,1-3H3. The van der Waals surface area contributed by atoms with Crippen LogP contribution in [-0.4, -0.2) is 33.5 Å². The fourth-order valence-corrected chi connectivity index (χ4v) is 5.34. The van der Waals surface area contributed by atoms with E-state index in [1.807, 2.05) is 6.07 Å². The first kappa shape index (κ1) is 18.7. The molecule has 0 aliphatic carbocycles. The Labute approximate surface area is 153 Å². The SMILES string of the molecule is COc1ccc(C2CCCN2S(=O)(=O)c2ccc(F)cc2C)c(OC)c1. The van der Waals surface area contributed by atoms with E-state index in [1.165, 1.54) is 22.5 Å². The molecule has 2 aromatic rings. The Morgan fingerprint density at radius 1 is 1.12 bits per heavy atom. The quantitative estimate of drug-likeness (QED) is 0.795. The third kappa shape index (κ3) is 3.29. The lowest BCUT2D eigenvalue weighted by molar-refractivity contribution is 0.361. The van der Waals surface area contributed by atoms with Crippen molar-refractivity contribution in [1.82, 2.24) is 4.31 Å². The molecule has 1 fully saturated rings. The van der Waals surface area contributed by atoms with Crippen molar-refractivity contribution in [3.05, 3.63) is 53.3 Å². The molecule has 0 aromatic heterocycles. The first-order valence-corrected chi connectivity index (χ1v) is 9.82. The number of benzene rings is 2. The number of ether oxygens (including phenoxy) is 2. The van der Waals surface area contributed by atoms with Crippen molar-refractivity contribution in [3.8, 4) is 11.5 Å². The molecule has 140 valence electrons. The third-order valence-corrected chi connectivity index (χ3v) is 6.80. The monoisotopic (exact) mass is 379 g/mol. The van der Waals surface area contributed by atoms with Crippen molar-refractivity contribution >= 4 is 10.0 Å². The zero-order chi connectivity index (χ0) is 18.9. The molecule has 7 heteroatoms. The molecule has 1 saturated heterocycles. The van der Waals surface area contributed by atoms with E-state index < -0.39 is 15.8 Å². The van der Waals surface area contributed by atoms with Gasteiger partial charge in [0.05, 0.1) is 25.2 Å². The lowest BCUT2D eigenvalue weighted by Gasteiger charge is -2.26. The van der Waals surface area contributed by atoms with Crippen LogP contribution in [0, 0.1) is 12.7 Å². The van der Waals surface area contributed by atoms with Crippen LogP contribution in [0.25, 0.3) is 0 Å². The summed E-state index contributed by atoms with van der Waals surface area (Å²) in [5.41, 5.74) is 1.20. The van der Waals surface area contributed by atoms with E-state index in [9.17, 15) is 12.8 Å². The maximum atomic E-state index is 13.4. The molecule has 5 nitrogen and oxygen atoms in total. The van der Waals surface area contributed by atoms with Gasteiger partial charge in [0.15, 0.2) is 0 Å². The smallest absolute Gasteiger partial charge is 0.243 e. The Kier molecular flexibility index (Phi) is 5.20. The van der Waals surface area contributed by atoms with Gasteiger partial charge in [-0.3, -0.25) is 0 Å². The molecule has 1 heterocycles. The molecule has 3 rings (SSSR count). The average molecular weight is 379 g/mol. The van der Waals surface area contributed by atoms with Crippen LogP contribution in [-0.2, 0) is 10.0 Å². The summed E-state index contributed by atoms with van der Waals surface area (Å²) in [6, 6.07) is 8.82. The Balaban J connectivity index is 2.03. The first-order chi connectivity index (χ1) is 12.4. The number of nitrogens with zero attached hydrogens (tertiary/aromatic N) is 1. The van der Waals surface area contributed by atoms with E-state index >= 15 is 0 Å². The van der Waals surface area contributed by atoms with Gasteiger partial charge in [-0.1, -0.05) is 6.07 Å². The van der Waals surface area contributed by atoms with Crippen LogP contribution >= 0.6 is 0 Å². The summed E-state index contributed by atoms with van der Waals surface area (Å²) in [5, 5.41) is 0. The highest BCUT2D eigenvalue weighted by Crippen LogP contribution is 2.41. The molecule has 0 bridgehead atoms. The normalized spacial score (nSPS) is 18.1. The Morgan fingerprint density at radius 3 is 2.54 bits per heavy atom. The van der Waals surface area contributed by atoms with Crippen LogP contribution in [0.15, 0.2) is 41.3 Å². The van der Waals surface area contributed by atoms with E-state index in [1.54, 1.807) is 33.3 Å². The average Bonchev–Trinajstić information content (AvgIpc) is 3.11. The predicted molar refractivity (Wildman–Crippen MR) is 96.5 cm³/mol. The maximum absolute atomic E-state index is 13.4. The molecule has 1 atom stereocenters. The number of hydrogen-bond donors (Lipinski definition) is 0. The predicted octanol–water partition coefficient (Wildman–Crippen LogP) is 3.68. The highest BCUT2D eigenvalue weighted by Gasteiger charge is 2.38. The number of sulfonamides is 1. The summed E-state index contributed by atoms with van der Waals surface area (Å²) in [5.74, 6) is 0.788. The van der Waals surface area contributed by atoms with Crippen LogP contribution in [0.4, 0.5) is 4.39 Å². The zero-order valence-electron chi connectivity index (χ0n) is 15.0. The fraction of sp³-hybridized carbons (Fsp3) is 0.368. The molecule has 0 spiro atoms. The minimum absolute atomic E-state index is 0.137. The largest absolute Gasteiger partial charge is 0.497 e. The van der Waals surface area contributed by atoms with Gasteiger partial charge in [-0.25, -0.2) is 12.8 Å². The number of aryl methyl sites for hydroxylation is 1. The van der Waals surface area contributed by atoms with E-state index in [4.69, 9.17) is 9.47 Å². The van der Waals surface area contributed by atoms with E-state index in [2.05, 4.69) is 0 Å². The molecule has 26 heavy (non-hydrogen) atoms. The van der Waals surface area contributed by atoms with Crippen LogP contribution in [0.1, 0.15) is 30.0 Å². The number of methoxy groups -OCH3 is 2. The van der Waals surface area contributed by atoms with E-state index in [0.29, 0.717) is 30.0 Å². The Bertz CT molecular complexity index is 914. The summed E-state index contributed by atoms with van der Waals surface area (Å²) in [6.45, 7) is 2.02. The van der Waals surface area contributed by atoms with Gasteiger partial charge in [0.25, 0.3) is 0 Å². The highest BCUT2D eigenvalue weighted by atomic mass is 32.2. The van der Waals surface area contributed by atoms with E-state index in [-0.39, 0.29) is 10.9 Å². The first-order valence-electron chi connectivity index (χ1n) is 8.38. The van der Waals surface area contributed by atoms with Crippen molar-refractivity contribution in [1.29, 1.82) is 0 Å². The second kappa shape index (κ2) is 7.25. The van der Waals surface area contributed by atoms with Gasteiger partial charge >= 0.3 is 0 Å². The minimum Gasteiger partial charge on any atom is -0.497 e. The molecule has 1 unspecified atom stereocenters. The van der Waals surface area contributed by atoms with Crippen LogP contribution in [0.2, 0.25) is 0 Å². The highest BCUT2D eigenvalue weighted by molar-refractivity contribution is 7.89. The molecule has 0 saturated carbocycles. The molecule has 1 aliphatic heterocycles. The summed E-state index contributed by atoms with van der Waals surface area (Å²) in [4.78, 5) is 0.137. The number of hydrogen-bond acceptors (Lipinski definition) is 4. The molecule has 0 N–H and O–H groups in total. The summed E-state index contributed by atoms with van der Waals surface area (Å²) < 4.78 is 52.0. The van der Waals surface area contributed by atoms with Crippen molar-refractivity contribution in [3.63, 3.8) is 0 Å². The van der Waals surface area contributed by atoms with Crippen molar-refractivity contribution in [2.75, 3.05) is 20.8 Å². The second-order valence-corrected chi connectivity index (χ2v) is 8.15. The molecule has 2 aromatic carbocycles. The van der Waals surface area contributed by atoms with Gasteiger partial charge in [-0.15, -0.1) is 0 Å². The van der Waals surface area contributed by atoms with Crippen molar-refractivity contribution < 1.29 is 22.3 Å². The topological polar surface area (TPSA) is 55.8 Å². The molecular formula is C19H22FNO4S. The van der Waals surface area contributed by atoms with Crippen molar-refractivity contribution in [2.24, 2.45) is 0 Å². The number of rotatable bonds is 5. The Morgan fingerprint density at radius 2 is 1.88 bits per heavy atom. The van der Waals surface area contributed by atoms with Gasteiger partial charge < -0.3 is 9.47 Å². The van der Waals surface area contributed by atoms with Gasteiger partial charge in [0.2, 0.25) is 10.0 Å². The summed E-state index contributed by atoms with van der Waals surface area (Å²) >= 11 is 0. The molecule has 0 radical (unpaired) electrons. The lowest BCUT2D eigenvalue weighted by atomic mass is 10.0. The second-order valence-electron chi connectivity index (χ2n) is 6.29. The van der Waals surface area contributed by atoms with Gasteiger partial charge in [0.1, 0.15) is 17.3 Å². The summed E-state index contributed by atoms with van der Waals surface area (Å²) in [7, 11) is -0.625. The van der Waals surface area contributed by atoms with Gasteiger partial charge in [-0.2, -0.15) is 4.31 Å². The third-order valence-electron chi connectivity index (χ3n) is 4.73. The van der Waals surface area contributed by atoms with Crippen molar-refractivity contribution in [2.45, 2.75) is 30.7 Å². The summed E-state index contributed by atoms with van der Waals surface area (Å²) in [6.07, 6.45) is 1.45. The van der Waals surface area contributed by atoms with Crippen LogP contribution < -0.4 is 9.47 Å². The lowest BCUT2D eigenvalue weighted by Crippen LogP contribution is -2.31. The zero-order valence-corrected chi connectivity index (χ0v) is 15.8. The molecule has 1 aliphatic rings. The maximum Gasteiger partial charge on any atom is 0.243 e. The fourth-order valence-electron chi connectivity index (χ4n) is 3.46. The van der Waals surface area contributed by atoms with Crippen LogP contribution in [0.3, 0.4) is 0 Å². The van der Waals surface area contributed by atoms with E-state index in [0.717, 1.165) is 12.0 Å². The molecule has 0 amide bonds. The Hall–Kier alpha value is -2.12. The van der Waals surface area contributed by atoms with Gasteiger partial charge in [0, 0.05) is 18.2 Å². The minimum atomic E-state index is -3.74. The number of halogens is 1.